The molecule has 0 heterocycles. The Bertz CT molecular complexity index is 576. The Hall–Kier alpha value is -2.17. The van der Waals surface area contributed by atoms with Crippen LogP contribution in [0.15, 0.2) is 24.3 Å². The van der Waals surface area contributed by atoms with E-state index < -0.39 is 11.8 Å². The van der Waals surface area contributed by atoms with E-state index in [0.29, 0.717) is 6.54 Å². The molecule has 2 N–H and O–H groups in total. The maximum atomic E-state index is 13.7. The Morgan fingerprint density at radius 1 is 1.45 bits per heavy atom. The Balaban J connectivity index is 2.04. The van der Waals surface area contributed by atoms with Gasteiger partial charge < -0.3 is 10.4 Å². The van der Waals surface area contributed by atoms with Crippen molar-refractivity contribution in [3.05, 3.63) is 41.2 Å². The summed E-state index contributed by atoms with van der Waals surface area (Å²) in [5.41, 5.74) is 0.565. The minimum Gasteiger partial charge on any atom is -0.478 e. The number of carboxylic acid groups (broad SMARTS) is 1. The molecular formula is C15H16FNO3. The number of rotatable bonds is 5. The first-order valence-corrected chi connectivity index (χ1v) is 6.38. The highest BCUT2D eigenvalue weighted by Gasteiger charge is 2.37. The van der Waals surface area contributed by atoms with Crippen LogP contribution in [0, 0.1) is 11.2 Å². The van der Waals surface area contributed by atoms with Crippen LogP contribution in [0.3, 0.4) is 0 Å². The van der Waals surface area contributed by atoms with Gasteiger partial charge in [0.25, 0.3) is 5.91 Å². The fourth-order valence-corrected chi connectivity index (χ4v) is 1.75. The van der Waals surface area contributed by atoms with E-state index in [9.17, 15) is 14.0 Å². The van der Waals surface area contributed by atoms with E-state index in [0.717, 1.165) is 31.1 Å². The molecule has 1 aromatic rings. The third-order valence-corrected chi connectivity index (χ3v) is 3.45. The van der Waals surface area contributed by atoms with Gasteiger partial charge in [-0.2, -0.15) is 0 Å². The van der Waals surface area contributed by atoms with Crippen LogP contribution in [0.4, 0.5) is 4.39 Å². The Morgan fingerprint density at radius 2 is 2.15 bits per heavy atom. The SMILES string of the molecule is CC1(CNC(=O)c2ccc(/C=C/C(=O)O)c(F)c2)CC1. The predicted octanol–water partition coefficient (Wildman–Crippen LogP) is 2.45. The normalized spacial score (nSPS) is 16.1. The van der Waals surface area contributed by atoms with E-state index >= 15 is 0 Å². The van der Waals surface area contributed by atoms with Crippen LogP contribution < -0.4 is 5.32 Å². The summed E-state index contributed by atoms with van der Waals surface area (Å²) in [4.78, 5) is 22.2. The maximum absolute atomic E-state index is 13.7. The van der Waals surface area contributed by atoms with Crippen molar-refractivity contribution in [3.8, 4) is 0 Å². The summed E-state index contributed by atoms with van der Waals surface area (Å²) < 4.78 is 13.7. The van der Waals surface area contributed by atoms with Crippen LogP contribution in [-0.4, -0.2) is 23.5 Å². The molecule has 0 aliphatic heterocycles. The lowest BCUT2D eigenvalue weighted by Crippen LogP contribution is -2.29. The smallest absolute Gasteiger partial charge is 0.328 e. The first kappa shape index (κ1) is 14.2. The number of benzene rings is 1. The summed E-state index contributed by atoms with van der Waals surface area (Å²) in [5.74, 6) is -2.08. The average Bonchev–Trinajstić information content (AvgIpc) is 3.13. The second-order valence-corrected chi connectivity index (χ2v) is 5.40. The molecule has 20 heavy (non-hydrogen) atoms. The van der Waals surface area contributed by atoms with Crippen LogP contribution >= 0.6 is 0 Å². The van der Waals surface area contributed by atoms with Gasteiger partial charge in [0.05, 0.1) is 0 Å². The fourth-order valence-electron chi connectivity index (χ4n) is 1.75. The van der Waals surface area contributed by atoms with Crippen molar-refractivity contribution in [1.82, 2.24) is 5.32 Å². The molecular weight excluding hydrogens is 261 g/mol. The average molecular weight is 277 g/mol. The van der Waals surface area contributed by atoms with E-state index in [-0.39, 0.29) is 22.4 Å². The Kier molecular flexibility index (Phi) is 3.88. The number of carboxylic acids is 1. The quantitative estimate of drug-likeness (QED) is 0.812. The van der Waals surface area contributed by atoms with E-state index in [2.05, 4.69) is 12.2 Å². The summed E-state index contributed by atoms with van der Waals surface area (Å²) in [7, 11) is 0. The summed E-state index contributed by atoms with van der Waals surface area (Å²) in [5, 5.41) is 11.3. The van der Waals surface area contributed by atoms with Gasteiger partial charge in [0.15, 0.2) is 0 Å². The van der Waals surface area contributed by atoms with E-state index in [4.69, 9.17) is 5.11 Å². The first-order chi connectivity index (χ1) is 9.39. The molecule has 0 aromatic heterocycles. The minimum absolute atomic E-state index is 0.137. The minimum atomic E-state index is -1.15. The monoisotopic (exact) mass is 277 g/mol. The molecule has 1 aromatic carbocycles. The first-order valence-electron chi connectivity index (χ1n) is 6.38. The molecule has 106 valence electrons. The van der Waals surface area contributed by atoms with Crippen molar-refractivity contribution < 1.29 is 19.1 Å². The highest BCUT2D eigenvalue weighted by Crippen LogP contribution is 2.44. The molecule has 0 bridgehead atoms. The third kappa shape index (κ3) is 3.66. The lowest BCUT2D eigenvalue weighted by Gasteiger charge is -2.10. The molecule has 1 aliphatic carbocycles. The van der Waals surface area contributed by atoms with Gasteiger partial charge in [-0.1, -0.05) is 13.0 Å². The lowest BCUT2D eigenvalue weighted by molar-refractivity contribution is -0.131. The molecule has 1 saturated carbocycles. The number of carbonyl (C=O) groups is 2. The molecule has 1 amide bonds. The van der Waals surface area contributed by atoms with Crippen molar-refractivity contribution in [2.45, 2.75) is 19.8 Å². The van der Waals surface area contributed by atoms with Crippen molar-refractivity contribution in [2.75, 3.05) is 6.54 Å². The molecule has 0 radical (unpaired) electrons. The zero-order chi connectivity index (χ0) is 14.8. The number of nitrogens with one attached hydrogen (secondary N) is 1. The van der Waals surface area contributed by atoms with Gasteiger partial charge in [0.2, 0.25) is 0 Å². The van der Waals surface area contributed by atoms with Crippen LogP contribution in [0.25, 0.3) is 6.08 Å². The number of carbonyl (C=O) groups excluding carboxylic acids is 1. The van der Waals surface area contributed by atoms with Crippen LogP contribution in [0.2, 0.25) is 0 Å². The molecule has 4 nitrogen and oxygen atoms in total. The predicted molar refractivity (Wildman–Crippen MR) is 72.7 cm³/mol. The zero-order valence-electron chi connectivity index (χ0n) is 11.1. The van der Waals surface area contributed by atoms with Crippen LogP contribution in [0.1, 0.15) is 35.7 Å². The highest BCUT2D eigenvalue weighted by atomic mass is 19.1. The second-order valence-electron chi connectivity index (χ2n) is 5.40. The van der Waals surface area contributed by atoms with E-state index in [1.165, 1.54) is 12.1 Å². The molecule has 0 spiro atoms. The van der Waals surface area contributed by atoms with Crippen molar-refractivity contribution >= 4 is 18.0 Å². The highest BCUT2D eigenvalue weighted by molar-refractivity contribution is 5.94. The van der Waals surface area contributed by atoms with Crippen LogP contribution in [-0.2, 0) is 4.79 Å². The van der Waals surface area contributed by atoms with Gasteiger partial charge >= 0.3 is 5.97 Å². The summed E-state index contributed by atoms with van der Waals surface area (Å²) in [6, 6.07) is 3.99. The number of aliphatic carboxylic acids is 1. The fraction of sp³-hybridized carbons (Fsp3) is 0.333. The summed E-state index contributed by atoms with van der Waals surface area (Å²) in [6.45, 7) is 2.68. The molecule has 1 fully saturated rings. The third-order valence-electron chi connectivity index (χ3n) is 3.45. The number of hydrogen-bond acceptors (Lipinski definition) is 2. The number of hydrogen-bond donors (Lipinski definition) is 2. The molecule has 0 atom stereocenters. The van der Waals surface area contributed by atoms with Crippen LogP contribution in [0.5, 0.6) is 0 Å². The Labute approximate surface area is 116 Å². The van der Waals surface area contributed by atoms with Gasteiger partial charge in [-0.25, -0.2) is 9.18 Å². The van der Waals surface area contributed by atoms with Gasteiger partial charge in [0, 0.05) is 23.7 Å². The van der Waals surface area contributed by atoms with Crippen molar-refractivity contribution in [1.29, 1.82) is 0 Å². The topological polar surface area (TPSA) is 66.4 Å². The number of amides is 1. The summed E-state index contributed by atoms with van der Waals surface area (Å²) in [6.07, 6.45) is 4.21. The van der Waals surface area contributed by atoms with Gasteiger partial charge in [-0.15, -0.1) is 0 Å². The van der Waals surface area contributed by atoms with Gasteiger partial charge in [-0.3, -0.25) is 4.79 Å². The van der Waals surface area contributed by atoms with Crippen molar-refractivity contribution in [3.63, 3.8) is 0 Å². The number of halogens is 1. The van der Waals surface area contributed by atoms with Gasteiger partial charge in [-0.05, 0) is 36.5 Å². The maximum Gasteiger partial charge on any atom is 0.328 e. The second kappa shape index (κ2) is 5.45. The van der Waals surface area contributed by atoms with E-state index in [1.807, 2.05) is 0 Å². The molecule has 0 unspecified atom stereocenters. The molecule has 5 heteroatoms. The molecule has 0 saturated heterocycles. The van der Waals surface area contributed by atoms with E-state index in [1.54, 1.807) is 0 Å². The molecule has 1 aliphatic rings. The molecule has 2 rings (SSSR count). The standard InChI is InChI=1S/C15H16FNO3/c1-15(6-7-15)9-17-14(20)11-3-2-10(12(16)8-11)4-5-13(18)19/h2-5,8H,6-7,9H2,1H3,(H,17,20)(H,18,19)/b5-4+. The van der Waals surface area contributed by atoms with Crippen molar-refractivity contribution in [2.24, 2.45) is 5.41 Å². The lowest BCUT2D eigenvalue weighted by atomic mass is 10.1. The summed E-state index contributed by atoms with van der Waals surface area (Å²) >= 11 is 0. The Morgan fingerprint density at radius 3 is 2.70 bits per heavy atom. The zero-order valence-corrected chi connectivity index (χ0v) is 11.1. The van der Waals surface area contributed by atoms with Gasteiger partial charge in [0.1, 0.15) is 5.82 Å². The largest absolute Gasteiger partial charge is 0.478 e.